The number of para-hydroxylation sites is 5. The van der Waals surface area contributed by atoms with E-state index in [9.17, 15) is 0 Å². The van der Waals surface area contributed by atoms with Crippen LogP contribution < -0.4 is 0 Å². The Bertz CT molecular complexity index is 10200. The van der Waals surface area contributed by atoms with Crippen molar-refractivity contribution in [3.63, 3.8) is 0 Å². The van der Waals surface area contributed by atoms with E-state index in [1.165, 1.54) is 147 Å². The number of aromatic nitrogens is 6. The smallest absolute Gasteiger partial charge is 0.145 e. The molecule has 11 heterocycles. The van der Waals surface area contributed by atoms with E-state index in [1.807, 2.05) is 51.4 Å². The van der Waals surface area contributed by atoms with Crippen LogP contribution in [-0.2, 0) is 0 Å². The lowest BCUT2D eigenvalue weighted by atomic mass is 9.97. The molecule has 30 aromatic rings. The molecule has 140 heavy (non-hydrogen) atoms. The fraction of sp³-hybridized carbons (Fsp3) is 0. The second-order valence-electron chi connectivity index (χ2n) is 35.8. The van der Waals surface area contributed by atoms with Gasteiger partial charge in [0.2, 0.25) is 0 Å². The van der Waals surface area contributed by atoms with Crippen molar-refractivity contribution < 1.29 is 4.42 Å². The third-order valence-corrected chi connectivity index (χ3v) is 32.5. The number of hydrogen-bond donors (Lipinski definition) is 0. The number of nitrogens with zero attached hydrogens (tertiary/aromatic N) is 6. The van der Waals surface area contributed by atoms with Crippen LogP contribution in [-0.4, -0.2) is 28.7 Å². The fourth-order valence-electron chi connectivity index (χ4n) is 21.5. The predicted molar refractivity (Wildman–Crippen MR) is 598 cm³/mol. The van der Waals surface area contributed by atoms with Crippen LogP contribution in [0, 0.1) is 0 Å². The van der Waals surface area contributed by atoms with Gasteiger partial charge in [-0.15, -0.1) is 45.3 Å². The molecular weight excluding hydrogens is 1780 g/mol. The summed E-state index contributed by atoms with van der Waals surface area (Å²) in [5.74, 6) is 1.79. The highest BCUT2D eigenvalue weighted by Crippen LogP contribution is 2.50. The van der Waals surface area contributed by atoms with Gasteiger partial charge in [0.05, 0.1) is 61.3 Å². The van der Waals surface area contributed by atoms with Crippen LogP contribution >= 0.6 is 45.3 Å². The lowest BCUT2D eigenvalue weighted by molar-refractivity contribution is 0.673. The quantitative estimate of drug-likeness (QED) is 0.129. The number of hydrogen-bond acceptors (Lipinski definition) is 8. The highest BCUT2D eigenvalue weighted by Gasteiger charge is 2.27. The van der Waals surface area contributed by atoms with Crippen LogP contribution in [0.25, 0.3) is 275 Å². The van der Waals surface area contributed by atoms with E-state index < -0.39 is 0 Å². The summed E-state index contributed by atoms with van der Waals surface area (Å²) < 4.78 is 24.0. The monoisotopic (exact) mass is 1850 g/mol. The SMILES string of the molecule is c1ccc(-c2cc(-c3ccc4sc5ccccc5c4c3)nc(-c3cccc4c3c3ccccc3n4-c3ccccc3)c2)cc1.c1ccc(-c2cc(-c3cccc4sc5ccccc5c34)nc(-n3c4ccccc4c4c5sc6ccccc6c5ccc43)c2)cc1.c1ccc(-c2ccc(-c3cc(-c4cccc5sc6ccccc6c45)nc(-n4c5ccccc5c5c6oc7ccccc7c6ccc54)c3)cc2)cc1. The molecule has 0 unspecified atom stereocenters. The minimum atomic E-state index is 0.868. The maximum atomic E-state index is 6.60. The average molecular weight is 1860 g/mol. The number of thiophene rings is 4. The zero-order valence-corrected chi connectivity index (χ0v) is 78.5. The molecule has 0 amide bonds. The largest absolute Gasteiger partial charge is 0.455 e. The molecule has 0 spiro atoms. The molecular formula is C129H78N6OS4. The van der Waals surface area contributed by atoms with Crippen molar-refractivity contribution in [2.45, 2.75) is 0 Å². The Morgan fingerprint density at radius 3 is 1.11 bits per heavy atom. The Labute approximate surface area is 819 Å². The molecule has 0 fully saturated rings. The van der Waals surface area contributed by atoms with E-state index in [1.54, 1.807) is 0 Å². The molecule has 19 aromatic carbocycles. The van der Waals surface area contributed by atoms with Gasteiger partial charge in [-0.3, -0.25) is 9.13 Å². The van der Waals surface area contributed by atoms with Crippen LogP contribution in [0.2, 0.25) is 0 Å². The van der Waals surface area contributed by atoms with Crippen LogP contribution in [0.15, 0.2) is 478 Å². The normalized spacial score (nSPS) is 11.9. The van der Waals surface area contributed by atoms with Gasteiger partial charge in [-0.25, -0.2) is 15.0 Å². The predicted octanol–water partition coefficient (Wildman–Crippen LogP) is 37.2. The molecule has 11 aromatic heterocycles. The molecule has 0 aliphatic carbocycles. The molecule has 0 bridgehead atoms. The van der Waals surface area contributed by atoms with Crippen molar-refractivity contribution in [1.29, 1.82) is 0 Å². The van der Waals surface area contributed by atoms with Crippen molar-refractivity contribution in [1.82, 2.24) is 28.7 Å². The Morgan fingerprint density at radius 2 is 0.536 bits per heavy atom. The standard InChI is InChI=1S/C47H28N2OS.C41H24N2S2.C41H26N2S/c1-2-11-29(12-3-1)30-21-23-31(24-22-30)32-27-38(35-16-10-20-43-45(35)37-15-6-9-19-42(37)51-43)48-44(28-32)49-39-17-7-4-14-36(39)46-40(49)26-25-34-33-13-5-8-18-41(33)50-47(34)46;1-2-11-25(12-3-1)26-23-32(29-16-10-20-37-39(29)31-15-6-9-19-36(31)44-37)42-38(24-26)43-33-17-7-4-14-30(33)40-34(43)22-21-28-27-13-5-8-18-35(27)45-41(28)40;1-3-12-27(13-4-1)29-25-35(28-22-23-40-34(24-28)31-16-8-10-21-39(31)44-40)42-36(26-29)32-18-11-20-38-41(32)33-17-7-9-19-37(33)43(38)30-14-5-2-6-15-30/h1-28H;1-24H;1-26H. The van der Waals surface area contributed by atoms with Gasteiger partial charge in [-0.2, -0.15) is 0 Å². The van der Waals surface area contributed by atoms with Crippen LogP contribution in [0.3, 0.4) is 0 Å². The Hall–Kier alpha value is -17.3. The van der Waals surface area contributed by atoms with E-state index in [2.05, 4.69) is 481 Å². The second-order valence-corrected chi connectivity index (χ2v) is 40.1. The molecule has 654 valence electrons. The van der Waals surface area contributed by atoms with Crippen molar-refractivity contribution in [3.05, 3.63) is 473 Å². The highest BCUT2D eigenvalue weighted by atomic mass is 32.1. The third-order valence-electron chi connectivity index (χ3n) is 27.8. The lowest BCUT2D eigenvalue weighted by Crippen LogP contribution is -2.00. The fourth-order valence-corrected chi connectivity index (χ4v) is 26.1. The molecule has 11 heteroatoms. The molecule has 30 rings (SSSR count). The summed E-state index contributed by atoms with van der Waals surface area (Å²) in [6.45, 7) is 0. The number of fused-ring (bicyclic) bond motifs is 26. The summed E-state index contributed by atoms with van der Waals surface area (Å²) in [5.41, 5.74) is 27.6. The van der Waals surface area contributed by atoms with Gasteiger partial charge in [0, 0.05) is 146 Å². The minimum Gasteiger partial charge on any atom is -0.455 e. The zero-order chi connectivity index (χ0) is 92.0. The van der Waals surface area contributed by atoms with E-state index in [-0.39, 0.29) is 0 Å². The average Bonchev–Trinajstić information content (AvgIpc) is 1.56. The van der Waals surface area contributed by atoms with Crippen LogP contribution in [0.4, 0.5) is 0 Å². The second kappa shape index (κ2) is 33.3. The summed E-state index contributed by atoms with van der Waals surface area (Å²) in [5, 5.41) is 19.8. The minimum absolute atomic E-state index is 0.868. The van der Waals surface area contributed by atoms with Crippen molar-refractivity contribution in [2.24, 2.45) is 0 Å². The molecule has 0 atom stereocenters. The Kier molecular flexibility index (Phi) is 19.3. The van der Waals surface area contributed by atoms with Crippen LogP contribution in [0.1, 0.15) is 0 Å². The first kappa shape index (κ1) is 81.1. The third kappa shape index (κ3) is 13.5. The van der Waals surface area contributed by atoms with Gasteiger partial charge in [-0.05, 0) is 190 Å². The number of rotatable bonds is 11. The summed E-state index contributed by atoms with van der Waals surface area (Å²) in [6.07, 6.45) is 0. The summed E-state index contributed by atoms with van der Waals surface area (Å²) in [7, 11) is 0. The first-order chi connectivity index (χ1) is 69.4. The Morgan fingerprint density at radius 1 is 0.179 bits per heavy atom. The summed E-state index contributed by atoms with van der Waals surface area (Å²) >= 11 is 7.41. The van der Waals surface area contributed by atoms with Gasteiger partial charge in [-0.1, -0.05) is 328 Å². The molecule has 0 saturated heterocycles. The first-order valence-corrected chi connectivity index (χ1v) is 50.5. The molecule has 0 aliphatic rings. The number of furan rings is 1. The molecule has 0 saturated carbocycles. The topological polar surface area (TPSA) is 66.6 Å². The maximum absolute atomic E-state index is 6.60. The first-order valence-electron chi connectivity index (χ1n) is 47.2. The van der Waals surface area contributed by atoms with Gasteiger partial charge >= 0.3 is 0 Å². The number of benzene rings is 19. The molecule has 0 radical (unpaired) electrons. The summed E-state index contributed by atoms with van der Waals surface area (Å²) in [4.78, 5) is 16.4. The van der Waals surface area contributed by atoms with Gasteiger partial charge in [0.1, 0.15) is 22.8 Å². The number of pyridine rings is 3. The molecule has 0 aliphatic heterocycles. The van der Waals surface area contributed by atoms with Crippen molar-refractivity contribution >= 4 is 213 Å². The zero-order valence-electron chi connectivity index (χ0n) is 75.3. The van der Waals surface area contributed by atoms with E-state index in [4.69, 9.17) is 19.4 Å². The summed E-state index contributed by atoms with van der Waals surface area (Å²) in [6, 6.07) is 170. The molecule has 0 N–H and O–H groups in total. The van der Waals surface area contributed by atoms with E-state index >= 15 is 0 Å². The van der Waals surface area contributed by atoms with Gasteiger partial charge in [0.25, 0.3) is 0 Å². The van der Waals surface area contributed by atoms with E-state index in [0.29, 0.717) is 0 Å². The van der Waals surface area contributed by atoms with Crippen molar-refractivity contribution in [2.75, 3.05) is 0 Å². The van der Waals surface area contributed by atoms with Gasteiger partial charge < -0.3 is 8.98 Å². The van der Waals surface area contributed by atoms with Crippen molar-refractivity contribution in [3.8, 4) is 107 Å². The maximum Gasteiger partial charge on any atom is 0.145 e. The lowest BCUT2D eigenvalue weighted by Gasteiger charge is -2.14. The Balaban J connectivity index is 0.000000103. The van der Waals surface area contributed by atoms with Gasteiger partial charge in [0.15, 0.2) is 0 Å². The van der Waals surface area contributed by atoms with E-state index in [0.717, 1.165) is 128 Å². The van der Waals surface area contributed by atoms with Crippen LogP contribution in [0.5, 0.6) is 0 Å². The molecule has 7 nitrogen and oxygen atoms in total. The highest BCUT2D eigenvalue weighted by molar-refractivity contribution is 7.27.